The lowest BCUT2D eigenvalue weighted by molar-refractivity contribution is -0.136. The van der Waals surface area contributed by atoms with Crippen LogP contribution in [0.3, 0.4) is 0 Å². The zero-order valence-corrected chi connectivity index (χ0v) is 19.3. The number of nitrogens with one attached hydrogen (secondary N) is 1. The number of aromatic nitrogens is 3. The van der Waals surface area contributed by atoms with E-state index in [1.807, 2.05) is 17.0 Å². The van der Waals surface area contributed by atoms with Gasteiger partial charge >= 0.3 is 0 Å². The molecule has 1 aromatic heterocycles. The number of hydrogen-bond acceptors (Lipinski definition) is 7. The summed E-state index contributed by atoms with van der Waals surface area (Å²) in [5.74, 6) is -0.330. The number of hydrogen-bond donors (Lipinski definition) is 1. The lowest BCUT2D eigenvalue weighted by Gasteiger charge is -2.29. The molecule has 35 heavy (non-hydrogen) atoms. The third kappa shape index (κ3) is 3.61. The Hall–Kier alpha value is -3.60. The Morgan fingerprint density at radius 1 is 1.14 bits per heavy atom. The molecule has 1 N–H and O–H groups in total. The molecule has 2 saturated heterocycles. The fourth-order valence-electron chi connectivity index (χ4n) is 6.01. The van der Waals surface area contributed by atoms with Gasteiger partial charge in [0.25, 0.3) is 11.8 Å². The van der Waals surface area contributed by atoms with E-state index in [1.54, 1.807) is 19.4 Å². The molecule has 1 unspecified atom stereocenters. The number of carbonyl (C=O) groups excluding carboxylic acids is 4. The van der Waals surface area contributed by atoms with Crippen molar-refractivity contribution in [2.75, 3.05) is 20.2 Å². The minimum absolute atomic E-state index is 0.151. The maximum Gasteiger partial charge on any atom is 0.276 e. The number of rotatable bonds is 4. The lowest BCUT2D eigenvalue weighted by atomic mass is 9.99. The van der Waals surface area contributed by atoms with Crippen LogP contribution >= 0.6 is 0 Å². The highest BCUT2D eigenvalue weighted by molar-refractivity contribution is 6.05. The maximum atomic E-state index is 13.1. The minimum atomic E-state index is -0.663. The molecule has 1 aliphatic carbocycles. The van der Waals surface area contributed by atoms with Crippen LogP contribution in [0.2, 0.25) is 0 Å². The Kier molecular flexibility index (Phi) is 5.17. The molecule has 1 aromatic carbocycles. The molecule has 4 amide bonds. The topological polar surface area (TPSA) is 127 Å². The molecule has 1 saturated carbocycles. The van der Waals surface area contributed by atoms with Crippen molar-refractivity contribution in [1.82, 2.24) is 30.1 Å². The smallest absolute Gasteiger partial charge is 0.276 e. The second-order valence-corrected chi connectivity index (χ2v) is 9.78. The molecule has 2 aromatic rings. The molecule has 4 aliphatic rings. The summed E-state index contributed by atoms with van der Waals surface area (Å²) in [6.45, 7) is 1.68. The molecule has 0 radical (unpaired) electrons. The van der Waals surface area contributed by atoms with Crippen molar-refractivity contribution in [2.45, 2.75) is 44.4 Å². The van der Waals surface area contributed by atoms with Gasteiger partial charge in [0.15, 0.2) is 5.69 Å². The molecule has 182 valence electrons. The third-order valence-corrected chi connectivity index (χ3v) is 7.87. The van der Waals surface area contributed by atoms with E-state index >= 15 is 0 Å². The van der Waals surface area contributed by atoms with Crippen molar-refractivity contribution in [3.05, 3.63) is 41.2 Å². The summed E-state index contributed by atoms with van der Waals surface area (Å²) >= 11 is 0. The number of methoxy groups -OCH3 is 1. The Labute approximate surface area is 201 Å². The van der Waals surface area contributed by atoms with Crippen molar-refractivity contribution in [1.29, 1.82) is 0 Å². The van der Waals surface area contributed by atoms with E-state index in [0.717, 1.165) is 18.4 Å². The zero-order chi connectivity index (χ0) is 24.3. The number of imide groups is 1. The monoisotopic (exact) mass is 478 g/mol. The fraction of sp³-hybridized carbons (Fsp3) is 0.500. The normalized spacial score (nSPS) is 27.9. The van der Waals surface area contributed by atoms with Crippen LogP contribution < -0.4 is 5.32 Å². The highest BCUT2D eigenvalue weighted by Gasteiger charge is 2.45. The van der Waals surface area contributed by atoms with E-state index < -0.39 is 11.9 Å². The number of ether oxygens (including phenoxy) is 1. The van der Waals surface area contributed by atoms with Crippen molar-refractivity contribution >= 4 is 23.6 Å². The van der Waals surface area contributed by atoms with Gasteiger partial charge in [0.2, 0.25) is 11.8 Å². The Bertz CT molecular complexity index is 1240. The number of nitrogens with zero attached hydrogens (tertiary/aromatic N) is 5. The summed E-state index contributed by atoms with van der Waals surface area (Å²) < 4.78 is 7.08. The Balaban J connectivity index is 1.18. The highest BCUT2D eigenvalue weighted by Crippen LogP contribution is 2.39. The first-order valence-electron chi connectivity index (χ1n) is 12.0. The number of benzene rings is 1. The molecule has 11 heteroatoms. The summed E-state index contributed by atoms with van der Waals surface area (Å²) in [7, 11) is 1.73. The summed E-state index contributed by atoms with van der Waals surface area (Å²) in [5.41, 5.74) is 2.15. The molecule has 3 fully saturated rings. The van der Waals surface area contributed by atoms with Crippen LogP contribution in [0.25, 0.3) is 5.69 Å². The molecule has 0 spiro atoms. The van der Waals surface area contributed by atoms with Gasteiger partial charge in [-0.2, -0.15) is 0 Å². The third-order valence-electron chi connectivity index (χ3n) is 7.87. The maximum absolute atomic E-state index is 13.1. The number of likely N-dealkylation sites (tertiary alicyclic amines) is 1. The van der Waals surface area contributed by atoms with E-state index in [1.165, 1.54) is 9.58 Å². The SMILES string of the molecule is CO[C@@H]1CC[C@@H]2CN(C(=O)c3cn(-c4ccc5c(c4)C(=O)N(C4CCC(=O)NC4=O)C5)nn3)C[C@@H]21. The van der Waals surface area contributed by atoms with E-state index in [-0.39, 0.29) is 35.9 Å². The van der Waals surface area contributed by atoms with Crippen molar-refractivity contribution in [3.8, 4) is 5.69 Å². The van der Waals surface area contributed by atoms with E-state index in [0.29, 0.717) is 49.1 Å². The molecular weight excluding hydrogens is 452 g/mol. The first kappa shape index (κ1) is 21.9. The van der Waals surface area contributed by atoms with Gasteiger partial charge in [-0.1, -0.05) is 11.3 Å². The average molecular weight is 479 g/mol. The highest BCUT2D eigenvalue weighted by atomic mass is 16.5. The predicted octanol–water partition coefficient (Wildman–Crippen LogP) is 0.525. The number of fused-ring (bicyclic) bond motifs is 2. The molecule has 4 atom stereocenters. The van der Waals surface area contributed by atoms with Gasteiger partial charge in [-0.15, -0.1) is 5.10 Å². The largest absolute Gasteiger partial charge is 0.381 e. The van der Waals surface area contributed by atoms with Gasteiger partial charge in [-0.05, 0) is 42.9 Å². The molecular formula is C24H26N6O5. The molecule has 3 aliphatic heterocycles. The number of carbonyl (C=O) groups is 4. The van der Waals surface area contributed by atoms with Crippen LogP contribution in [0, 0.1) is 11.8 Å². The Morgan fingerprint density at radius 2 is 2.00 bits per heavy atom. The van der Waals surface area contributed by atoms with Crippen molar-refractivity contribution in [3.63, 3.8) is 0 Å². The van der Waals surface area contributed by atoms with Crippen LogP contribution in [0.1, 0.15) is 52.1 Å². The van der Waals surface area contributed by atoms with E-state index in [2.05, 4.69) is 15.6 Å². The lowest BCUT2D eigenvalue weighted by Crippen LogP contribution is -2.52. The summed E-state index contributed by atoms with van der Waals surface area (Å²) in [6, 6.07) is 4.68. The quantitative estimate of drug-likeness (QED) is 0.635. The van der Waals surface area contributed by atoms with Crippen LogP contribution in [-0.2, 0) is 20.9 Å². The van der Waals surface area contributed by atoms with E-state index in [4.69, 9.17) is 4.74 Å². The predicted molar refractivity (Wildman–Crippen MR) is 120 cm³/mol. The van der Waals surface area contributed by atoms with Crippen LogP contribution in [0.4, 0.5) is 0 Å². The fourth-order valence-corrected chi connectivity index (χ4v) is 6.01. The van der Waals surface area contributed by atoms with Crippen LogP contribution in [0.15, 0.2) is 24.4 Å². The van der Waals surface area contributed by atoms with Gasteiger partial charge in [-0.3, -0.25) is 24.5 Å². The average Bonchev–Trinajstić information content (AvgIpc) is 3.62. The minimum Gasteiger partial charge on any atom is -0.381 e. The summed E-state index contributed by atoms with van der Waals surface area (Å²) in [6.07, 6.45) is 4.43. The second kappa shape index (κ2) is 8.26. The van der Waals surface area contributed by atoms with Crippen LogP contribution in [-0.4, -0.2) is 80.8 Å². The molecule has 4 heterocycles. The second-order valence-electron chi connectivity index (χ2n) is 9.78. The van der Waals surface area contributed by atoms with Crippen molar-refractivity contribution < 1.29 is 23.9 Å². The first-order chi connectivity index (χ1) is 16.9. The zero-order valence-electron chi connectivity index (χ0n) is 19.3. The van der Waals surface area contributed by atoms with Gasteiger partial charge in [0.05, 0.1) is 18.0 Å². The molecule has 11 nitrogen and oxygen atoms in total. The van der Waals surface area contributed by atoms with Gasteiger partial charge in [0, 0.05) is 44.6 Å². The standard InChI is InChI=1S/C24H26N6O5/c1-35-20-6-3-13-9-28(11-17(13)20)24(34)18-12-30(27-26-18)15-4-2-14-10-29(23(33)16(14)8-15)19-5-7-21(31)25-22(19)32/h2,4,8,12-13,17,19-20H,3,5-7,9-11H2,1H3,(H,25,31,32)/t13-,17+,19?,20-/m1/s1. The number of piperidine rings is 1. The van der Waals surface area contributed by atoms with Crippen molar-refractivity contribution in [2.24, 2.45) is 11.8 Å². The van der Waals surface area contributed by atoms with E-state index in [9.17, 15) is 19.2 Å². The summed E-state index contributed by atoms with van der Waals surface area (Å²) in [4.78, 5) is 53.2. The van der Waals surface area contributed by atoms with Gasteiger partial charge in [0.1, 0.15) is 6.04 Å². The molecule has 0 bridgehead atoms. The first-order valence-corrected chi connectivity index (χ1v) is 12.0. The summed E-state index contributed by atoms with van der Waals surface area (Å²) in [5, 5.41) is 10.5. The number of amides is 4. The van der Waals surface area contributed by atoms with Crippen LogP contribution in [0.5, 0.6) is 0 Å². The Morgan fingerprint density at radius 3 is 2.80 bits per heavy atom. The van der Waals surface area contributed by atoms with Gasteiger partial charge < -0.3 is 14.5 Å². The molecule has 6 rings (SSSR count). The van der Waals surface area contributed by atoms with Gasteiger partial charge in [-0.25, -0.2) is 4.68 Å².